The molecule has 0 aliphatic carbocycles. The van der Waals surface area contributed by atoms with Gasteiger partial charge in [-0.15, -0.1) is 0 Å². The molecule has 4 nitrogen and oxygen atoms in total. The van der Waals surface area contributed by atoms with Crippen LogP contribution in [0.3, 0.4) is 0 Å². The Morgan fingerprint density at radius 1 is 1.50 bits per heavy atom. The van der Waals surface area contributed by atoms with Crippen LogP contribution in [0.15, 0.2) is 12.5 Å². The van der Waals surface area contributed by atoms with E-state index < -0.39 is 0 Å². The molecule has 0 amide bonds. The lowest BCUT2D eigenvalue weighted by atomic mass is 9.93. The average molecular weight is 220 g/mol. The van der Waals surface area contributed by atoms with E-state index in [4.69, 9.17) is 0 Å². The molecule has 1 N–H and O–H groups in total. The first-order valence-electron chi connectivity index (χ1n) is 6.24. The van der Waals surface area contributed by atoms with Crippen LogP contribution in [0, 0.1) is 5.92 Å². The lowest BCUT2D eigenvalue weighted by molar-refractivity contribution is 0.153. The van der Waals surface area contributed by atoms with E-state index in [2.05, 4.69) is 26.8 Å². The number of rotatable bonds is 2. The van der Waals surface area contributed by atoms with Crippen LogP contribution in [0.1, 0.15) is 18.5 Å². The van der Waals surface area contributed by atoms with Crippen LogP contribution in [-0.2, 0) is 13.6 Å². The molecule has 16 heavy (non-hydrogen) atoms. The molecular weight excluding hydrogens is 200 g/mol. The van der Waals surface area contributed by atoms with E-state index in [0.717, 1.165) is 18.5 Å². The van der Waals surface area contributed by atoms with Gasteiger partial charge in [-0.25, -0.2) is 4.98 Å². The number of nitrogens with one attached hydrogen (secondary N) is 1. The Kier molecular flexibility index (Phi) is 2.69. The zero-order valence-corrected chi connectivity index (χ0v) is 9.89. The monoisotopic (exact) mass is 220 g/mol. The Morgan fingerprint density at radius 2 is 2.44 bits per heavy atom. The summed E-state index contributed by atoms with van der Waals surface area (Å²) < 4.78 is 2.12. The molecule has 2 aliphatic heterocycles. The van der Waals surface area contributed by atoms with Gasteiger partial charge in [0, 0.05) is 38.9 Å². The number of nitrogens with zero attached hydrogens (tertiary/aromatic N) is 3. The predicted molar refractivity (Wildman–Crippen MR) is 63.0 cm³/mol. The third kappa shape index (κ3) is 1.87. The molecule has 1 aromatic rings. The third-order valence-corrected chi connectivity index (χ3v) is 4.04. The zero-order valence-electron chi connectivity index (χ0n) is 9.89. The van der Waals surface area contributed by atoms with Gasteiger partial charge in [-0.1, -0.05) is 0 Å². The SMILES string of the molecule is Cn1cncc1CN1CCC2NCCC2C1. The van der Waals surface area contributed by atoms with Crippen LogP contribution >= 0.6 is 0 Å². The van der Waals surface area contributed by atoms with Gasteiger partial charge in [-0.3, -0.25) is 4.90 Å². The lowest BCUT2D eigenvalue weighted by Crippen LogP contribution is -2.44. The number of piperidine rings is 1. The molecule has 0 bridgehead atoms. The lowest BCUT2D eigenvalue weighted by Gasteiger charge is -2.34. The zero-order chi connectivity index (χ0) is 11.0. The molecule has 3 rings (SSSR count). The van der Waals surface area contributed by atoms with Crippen molar-refractivity contribution in [3.05, 3.63) is 18.2 Å². The quantitative estimate of drug-likeness (QED) is 0.792. The second-order valence-corrected chi connectivity index (χ2v) is 5.13. The summed E-state index contributed by atoms with van der Waals surface area (Å²) in [6, 6.07) is 0.794. The van der Waals surface area contributed by atoms with Crippen molar-refractivity contribution in [3.8, 4) is 0 Å². The van der Waals surface area contributed by atoms with Crippen molar-refractivity contribution in [1.82, 2.24) is 19.8 Å². The number of imidazole rings is 1. The first kappa shape index (κ1) is 10.3. The average Bonchev–Trinajstić information content (AvgIpc) is 2.88. The van der Waals surface area contributed by atoms with Gasteiger partial charge in [0.1, 0.15) is 0 Å². The van der Waals surface area contributed by atoms with E-state index in [9.17, 15) is 0 Å². The fraction of sp³-hybridized carbons (Fsp3) is 0.750. The largest absolute Gasteiger partial charge is 0.337 e. The van der Waals surface area contributed by atoms with Gasteiger partial charge in [0.15, 0.2) is 0 Å². The van der Waals surface area contributed by atoms with Gasteiger partial charge in [-0.2, -0.15) is 0 Å². The molecule has 2 atom stereocenters. The number of fused-ring (bicyclic) bond motifs is 1. The molecule has 88 valence electrons. The van der Waals surface area contributed by atoms with Crippen molar-refractivity contribution in [2.75, 3.05) is 19.6 Å². The highest BCUT2D eigenvalue weighted by molar-refractivity contribution is 4.99. The maximum Gasteiger partial charge on any atom is 0.0945 e. The summed E-state index contributed by atoms with van der Waals surface area (Å²) in [5.74, 6) is 0.877. The minimum absolute atomic E-state index is 0.794. The van der Waals surface area contributed by atoms with Gasteiger partial charge in [-0.05, 0) is 25.3 Å². The molecule has 4 heteroatoms. The van der Waals surface area contributed by atoms with Gasteiger partial charge >= 0.3 is 0 Å². The summed E-state index contributed by atoms with van der Waals surface area (Å²) in [5.41, 5.74) is 1.32. The highest BCUT2D eigenvalue weighted by Gasteiger charge is 2.32. The summed E-state index contributed by atoms with van der Waals surface area (Å²) in [7, 11) is 2.08. The van der Waals surface area contributed by atoms with Crippen molar-refractivity contribution < 1.29 is 0 Å². The second-order valence-electron chi connectivity index (χ2n) is 5.13. The van der Waals surface area contributed by atoms with E-state index in [1.54, 1.807) is 0 Å². The number of hydrogen-bond donors (Lipinski definition) is 1. The Bertz CT molecular complexity index is 360. The highest BCUT2D eigenvalue weighted by atomic mass is 15.2. The summed E-state index contributed by atoms with van der Waals surface area (Å²) in [4.78, 5) is 6.75. The first-order chi connectivity index (χ1) is 7.83. The molecule has 0 radical (unpaired) electrons. The molecule has 0 saturated carbocycles. The van der Waals surface area contributed by atoms with Gasteiger partial charge < -0.3 is 9.88 Å². The molecule has 2 fully saturated rings. The molecule has 2 aliphatic rings. The van der Waals surface area contributed by atoms with Crippen molar-refractivity contribution >= 4 is 0 Å². The fourth-order valence-electron chi connectivity index (χ4n) is 3.03. The van der Waals surface area contributed by atoms with E-state index in [1.807, 2.05) is 12.5 Å². The van der Waals surface area contributed by atoms with E-state index in [1.165, 1.54) is 38.2 Å². The topological polar surface area (TPSA) is 33.1 Å². The minimum Gasteiger partial charge on any atom is -0.337 e. The van der Waals surface area contributed by atoms with Gasteiger partial charge in [0.25, 0.3) is 0 Å². The predicted octanol–water partition coefficient (Wildman–Crippen LogP) is 0.604. The first-order valence-corrected chi connectivity index (χ1v) is 6.24. The molecule has 0 spiro atoms. The fourth-order valence-corrected chi connectivity index (χ4v) is 3.03. The Morgan fingerprint density at radius 3 is 3.25 bits per heavy atom. The second kappa shape index (κ2) is 4.18. The van der Waals surface area contributed by atoms with Crippen LogP contribution in [0.4, 0.5) is 0 Å². The van der Waals surface area contributed by atoms with Crippen LogP contribution in [0.2, 0.25) is 0 Å². The summed E-state index contributed by atoms with van der Waals surface area (Å²) in [5, 5.41) is 3.61. The highest BCUT2D eigenvalue weighted by Crippen LogP contribution is 2.25. The number of aryl methyl sites for hydroxylation is 1. The van der Waals surface area contributed by atoms with Crippen molar-refractivity contribution in [3.63, 3.8) is 0 Å². The molecule has 2 unspecified atom stereocenters. The Labute approximate surface area is 96.7 Å². The number of aromatic nitrogens is 2. The smallest absolute Gasteiger partial charge is 0.0945 e. The maximum atomic E-state index is 4.18. The third-order valence-electron chi connectivity index (χ3n) is 4.04. The van der Waals surface area contributed by atoms with Crippen molar-refractivity contribution in [1.29, 1.82) is 0 Å². The number of hydrogen-bond acceptors (Lipinski definition) is 3. The van der Waals surface area contributed by atoms with Crippen molar-refractivity contribution in [2.45, 2.75) is 25.4 Å². The van der Waals surface area contributed by atoms with Gasteiger partial charge in [0.2, 0.25) is 0 Å². The Hall–Kier alpha value is -0.870. The van der Waals surface area contributed by atoms with Crippen LogP contribution < -0.4 is 5.32 Å². The van der Waals surface area contributed by atoms with Gasteiger partial charge in [0.05, 0.1) is 12.0 Å². The molecule has 2 saturated heterocycles. The molecule has 0 aromatic carbocycles. The van der Waals surface area contributed by atoms with E-state index in [-0.39, 0.29) is 0 Å². The Balaban J connectivity index is 1.62. The standard InChI is InChI=1S/C12H20N4/c1-15-9-13-6-11(15)8-16-5-3-12-10(7-16)2-4-14-12/h6,9-10,12,14H,2-5,7-8H2,1H3. The molecular formula is C12H20N4. The number of likely N-dealkylation sites (tertiary alicyclic amines) is 1. The van der Waals surface area contributed by atoms with E-state index >= 15 is 0 Å². The van der Waals surface area contributed by atoms with Crippen LogP contribution in [0.5, 0.6) is 0 Å². The van der Waals surface area contributed by atoms with Crippen LogP contribution in [0.25, 0.3) is 0 Å². The van der Waals surface area contributed by atoms with Crippen molar-refractivity contribution in [2.24, 2.45) is 13.0 Å². The maximum absolute atomic E-state index is 4.18. The summed E-state index contributed by atoms with van der Waals surface area (Å²) in [6.07, 6.45) is 6.53. The summed E-state index contributed by atoms with van der Waals surface area (Å²) in [6.45, 7) is 4.75. The van der Waals surface area contributed by atoms with E-state index in [0.29, 0.717) is 0 Å². The molecule has 3 heterocycles. The molecule has 1 aromatic heterocycles. The summed E-state index contributed by atoms with van der Waals surface area (Å²) >= 11 is 0. The normalized spacial score (nSPS) is 30.6. The van der Waals surface area contributed by atoms with Crippen LogP contribution in [-0.4, -0.2) is 40.1 Å². The minimum atomic E-state index is 0.794.